The second kappa shape index (κ2) is 3.76. The Kier molecular flexibility index (Phi) is 2.92. The van der Waals surface area contributed by atoms with Gasteiger partial charge in [0.15, 0.2) is 0 Å². The zero-order valence-corrected chi connectivity index (χ0v) is 7.21. The molecule has 1 saturated heterocycles. The van der Waals surface area contributed by atoms with E-state index in [2.05, 4.69) is 10.0 Å². The summed E-state index contributed by atoms with van der Waals surface area (Å²) in [4.78, 5) is 2.69. The van der Waals surface area contributed by atoms with Crippen LogP contribution in [0.25, 0.3) is 10.4 Å². The smallest absolute Gasteiger partial charge is 0.0884 e. The van der Waals surface area contributed by atoms with Gasteiger partial charge in [-0.15, -0.1) is 0 Å². The van der Waals surface area contributed by atoms with Crippen LogP contribution in [0.1, 0.15) is 20.3 Å². The van der Waals surface area contributed by atoms with Crippen LogP contribution in [0.2, 0.25) is 0 Å². The van der Waals surface area contributed by atoms with Crippen molar-refractivity contribution in [1.82, 2.24) is 0 Å². The lowest BCUT2D eigenvalue weighted by molar-refractivity contribution is -0.110. The summed E-state index contributed by atoms with van der Waals surface area (Å²) in [7, 11) is 0. The first kappa shape index (κ1) is 9.32. The van der Waals surface area contributed by atoms with Crippen LogP contribution in [0.3, 0.4) is 0 Å². The quantitative estimate of drug-likeness (QED) is 0.366. The van der Waals surface area contributed by atoms with Gasteiger partial charge in [-0.1, -0.05) is 5.11 Å². The first-order valence-electron chi connectivity index (χ1n) is 4.03. The van der Waals surface area contributed by atoms with Crippen LogP contribution >= 0.6 is 0 Å². The second-order valence-electron chi connectivity index (χ2n) is 3.15. The van der Waals surface area contributed by atoms with Crippen LogP contribution in [-0.4, -0.2) is 29.5 Å². The molecule has 0 amide bonds. The molecule has 4 atom stereocenters. The summed E-state index contributed by atoms with van der Waals surface area (Å²) in [6.07, 6.45) is -0.268. The lowest BCUT2D eigenvalue weighted by Gasteiger charge is -2.34. The molecule has 5 heteroatoms. The normalized spacial score (nSPS) is 41.9. The van der Waals surface area contributed by atoms with Crippen molar-refractivity contribution in [3.8, 4) is 0 Å². The molecule has 0 spiro atoms. The van der Waals surface area contributed by atoms with Crippen molar-refractivity contribution in [3.63, 3.8) is 0 Å². The molecule has 1 aliphatic heterocycles. The van der Waals surface area contributed by atoms with Gasteiger partial charge in [0.05, 0.1) is 24.4 Å². The Hall–Kier alpha value is -0.770. The minimum Gasteiger partial charge on any atom is -0.390 e. The maximum Gasteiger partial charge on any atom is 0.0884 e. The first-order valence-corrected chi connectivity index (χ1v) is 4.03. The van der Waals surface area contributed by atoms with Gasteiger partial charge < -0.3 is 9.84 Å². The van der Waals surface area contributed by atoms with Gasteiger partial charge in [0.2, 0.25) is 0 Å². The third kappa shape index (κ3) is 1.88. The number of aliphatic hydroxyl groups is 1. The fraction of sp³-hybridized carbons (Fsp3) is 1.00. The van der Waals surface area contributed by atoms with E-state index in [-0.39, 0.29) is 18.2 Å². The zero-order valence-electron chi connectivity index (χ0n) is 7.21. The summed E-state index contributed by atoms with van der Waals surface area (Å²) in [6.45, 7) is 3.68. The van der Waals surface area contributed by atoms with Gasteiger partial charge in [0.25, 0.3) is 0 Å². The molecule has 1 fully saturated rings. The van der Waals surface area contributed by atoms with Crippen molar-refractivity contribution < 1.29 is 9.84 Å². The first-order chi connectivity index (χ1) is 5.65. The minimum atomic E-state index is -0.669. The standard InChI is InChI=1S/C7H13N3O2/c1-4-3-6(9-10-8)7(11)5(2)12-4/h4-7,11H,3H2,1-2H3/t4-,5-,6?,7-/m0/s1. The molecule has 0 aromatic heterocycles. The van der Waals surface area contributed by atoms with E-state index in [0.717, 1.165) is 0 Å². The van der Waals surface area contributed by atoms with Crippen LogP contribution in [-0.2, 0) is 4.74 Å². The predicted octanol–water partition coefficient (Wildman–Crippen LogP) is 1.22. The van der Waals surface area contributed by atoms with Crippen molar-refractivity contribution >= 4 is 0 Å². The SMILES string of the molecule is C[C@@H]1O[C@@H](C)CC(N=[N+]=[N-])[C@H]1O. The molecular weight excluding hydrogens is 158 g/mol. The van der Waals surface area contributed by atoms with Crippen LogP contribution in [0.15, 0.2) is 5.11 Å². The third-order valence-electron chi connectivity index (χ3n) is 2.10. The Morgan fingerprint density at radius 2 is 2.25 bits per heavy atom. The fourth-order valence-corrected chi connectivity index (χ4v) is 1.48. The lowest BCUT2D eigenvalue weighted by Crippen LogP contribution is -2.44. The predicted molar refractivity (Wildman–Crippen MR) is 43.6 cm³/mol. The van der Waals surface area contributed by atoms with Gasteiger partial charge in [-0.05, 0) is 25.8 Å². The second-order valence-corrected chi connectivity index (χ2v) is 3.15. The molecule has 1 heterocycles. The van der Waals surface area contributed by atoms with E-state index in [9.17, 15) is 5.11 Å². The fourth-order valence-electron chi connectivity index (χ4n) is 1.48. The summed E-state index contributed by atoms with van der Waals surface area (Å²) in [6, 6.07) is -0.339. The third-order valence-corrected chi connectivity index (χ3v) is 2.10. The Morgan fingerprint density at radius 1 is 1.58 bits per heavy atom. The summed E-state index contributed by atoms with van der Waals surface area (Å²) in [5, 5.41) is 13.0. The van der Waals surface area contributed by atoms with Gasteiger partial charge in [0, 0.05) is 4.91 Å². The van der Waals surface area contributed by atoms with Crippen molar-refractivity contribution in [1.29, 1.82) is 0 Å². The largest absolute Gasteiger partial charge is 0.390 e. The molecule has 1 N–H and O–H groups in total. The Morgan fingerprint density at radius 3 is 2.83 bits per heavy atom. The highest BCUT2D eigenvalue weighted by Crippen LogP contribution is 2.22. The Labute approximate surface area is 71.0 Å². The van der Waals surface area contributed by atoms with Gasteiger partial charge in [-0.3, -0.25) is 0 Å². The average Bonchev–Trinajstić information content (AvgIpc) is 2.00. The van der Waals surface area contributed by atoms with Crippen molar-refractivity contribution in [2.75, 3.05) is 0 Å². The number of hydrogen-bond acceptors (Lipinski definition) is 3. The molecule has 0 bridgehead atoms. The van der Waals surface area contributed by atoms with Gasteiger partial charge in [0.1, 0.15) is 0 Å². The molecule has 1 rings (SSSR count). The number of azide groups is 1. The molecule has 12 heavy (non-hydrogen) atoms. The average molecular weight is 171 g/mol. The van der Waals surface area contributed by atoms with Crippen molar-refractivity contribution in [3.05, 3.63) is 10.4 Å². The minimum absolute atomic E-state index is 0.0545. The molecule has 68 valence electrons. The summed E-state index contributed by atoms with van der Waals surface area (Å²) >= 11 is 0. The van der Waals surface area contributed by atoms with E-state index in [1.54, 1.807) is 6.92 Å². The Bertz CT molecular complexity index is 203. The molecule has 0 radical (unpaired) electrons. The van der Waals surface area contributed by atoms with Crippen LogP contribution < -0.4 is 0 Å². The van der Waals surface area contributed by atoms with Gasteiger partial charge >= 0.3 is 0 Å². The van der Waals surface area contributed by atoms with E-state index in [0.29, 0.717) is 6.42 Å². The molecule has 0 aromatic carbocycles. The van der Waals surface area contributed by atoms with E-state index < -0.39 is 6.10 Å². The van der Waals surface area contributed by atoms with E-state index >= 15 is 0 Å². The number of rotatable bonds is 1. The summed E-state index contributed by atoms with van der Waals surface area (Å²) in [5.74, 6) is 0. The number of hydrogen-bond donors (Lipinski definition) is 1. The number of aliphatic hydroxyl groups excluding tert-OH is 1. The number of ether oxygens (including phenoxy) is 1. The van der Waals surface area contributed by atoms with Crippen LogP contribution in [0, 0.1) is 0 Å². The lowest BCUT2D eigenvalue weighted by atomic mass is 9.98. The monoisotopic (exact) mass is 171 g/mol. The molecule has 0 aliphatic carbocycles. The topological polar surface area (TPSA) is 78.2 Å². The highest BCUT2D eigenvalue weighted by molar-refractivity contribution is 4.86. The molecule has 0 saturated carbocycles. The molecule has 0 aromatic rings. The van der Waals surface area contributed by atoms with Crippen LogP contribution in [0.5, 0.6) is 0 Å². The van der Waals surface area contributed by atoms with Gasteiger partial charge in [-0.25, -0.2) is 0 Å². The zero-order chi connectivity index (χ0) is 9.14. The number of nitrogens with zero attached hydrogens (tertiary/aromatic N) is 3. The van der Waals surface area contributed by atoms with E-state index in [1.807, 2.05) is 6.92 Å². The molecule has 1 aliphatic rings. The van der Waals surface area contributed by atoms with Crippen LogP contribution in [0.4, 0.5) is 0 Å². The molecule has 5 nitrogen and oxygen atoms in total. The van der Waals surface area contributed by atoms with E-state index in [4.69, 9.17) is 10.3 Å². The van der Waals surface area contributed by atoms with Crippen molar-refractivity contribution in [2.24, 2.45) is 5.11 Å². The van der Waals surface area contributed by atoms with E-state index in [1.165, 1.54) is 0 Å². The maximum absolute atomic E-state index is 9.50. The van der Waals surface area contributed by atoms with Gasteiger partial charge in [-0.2, -0.15) is 0 Å². The summed E-state index contributed by atoms with van der Waals surface area (Å²) in [5.41, 5.74) is 8.22. The maximum atomic E-state index is 9.50. The summed E-state index contributed by atoms with van der Waals surface area (Å²) < 4.78 is 5.34. The molecular formula is C7H13N3O2. The highest BCUT2D eigenvalue weighted by Gasteiger charge is 2.32. The molecule has 1 unspecified atom stereocenters. The highest BCUT2D eigenvalue weighted by atomic mass is 16.5. The van der Waals surface area contributed by atoms with Crippen molar-refractivity contribution in [2.45, 2.75) is 44.6 Å². The Balaban J connectivity index is 2.65.